The molecule has 2 nitrogen and oxygen atoms in total. The Morgan fingerprint density at radius 3 is 2.71 bits per heavy atom. The minimum atomic E-state index is -0.260. The monoisotopic (exact) mass is 265 g/mol. The van der Waals surface area contributed by atoms with Gasteiger partial charge in [0.1, 0.15) is 5.78 Å². The van der Waals surface area contributed by atoms with Crippen LogP contribution in [0.25, 0.3) is 10.2 Å². The van der Waals surface area contributed by atoms with Gasteiger partial charge >= 0.3 is 0 Å². The first-order valence-corrected chi connectivity index (χ1v) is 7.29. The van der Waals surface area contributed by atoms with Crippen molar-refractivity contribution in [1.82, 2.24) is 4.98 Å². The molecule has 0 spiro atoms. The van der Waals surface area contributed by atoms with E-state index in [4.69, 9.17) is 0 Å². The van der Waals surface area contributed by atoms with Crippen LogP contribution >= 0.6 is 23.1 Å². The Labute approximate surface area is 109 Å². The zero-order chi connectivity index (χ0) is 12.5. The Morgan fingerprint density at radius 2 is 2.06 bits per heavy atom. The maximum Gasteiger partial charge on any atom is 0.151 e. The van der Waals surface area contributed by atoms with Gasteiger partial charge in [0, 0.05) is 5.41 Å². The van der Waals surface area contributed by atoms with Gasteiger partial charge in [-0.05, 0) is 12.1 Å². The fraction of sp³-hybridized carbons (Fsp3) is 0.385. The lowest BCUT2D eigenvalue weighted by Gasteiger charge is -2.15. The molecule has 0 N–H and O–H groups in total. The van der Waals surface area contributed by atoms with Crippen LogP contribution in [0.3, 0.4) is 0 Å². The average molecular weight is 265 g/mol. The summed E-state index contributed by atoms with van der Waals surface area (Å²) in [5.41, 5.74) is 0.757. The minimum absolute atomic E-state index is 0.260. The van der Waals surface area contributed by atoms with E-state index in [2.05, 4.69) is 11.1 Å². The maximum atomic E-state index is 11.8. The summed E-state index contributed by atoms with van der Waals surface area (Å²) in [5, 5.41) is 0. The molecular weight excluding hydrogens is 250 g/mol. The van der Waals surface area contributed by atoms with Gasteiger partial charge in [0.25, 0.3) is 0 Å². The summed E-state index contributed by atoms with van der Waals surface area (Å²) < 4.78 is 2.15. The second-order valence-electron chi connectivity index (χ2n) is 4.91. The number of nitrogens with zero attached hydrogens (tertiary/aromatic N) is 1. The fourth-order valence-corrected chi connectivity index (χ4v) is 3.49. The molecule has 0 radical (unpaired) electrons. The highest BCUT2D eigenvalue weighted by atomic mass is 32.2. The molecule has 0 amide bonds. The number of fused-ring (bicyclic) bond motifs is 1. The van der Waals surface area contributed by atoms with Crippen LogP contribution in [0.2, 0.25) is 0 Å². The molecule has 90 valence electrons. The Balaban J connectivity index is 2.07. The van der Waals surface area contributed by atoms with Gasteiger partial charge in [-0.3, -0.25) is 4.79 Å². The van der Waals surface area contributed by atoms with Crippen LogP contribution in [0, 0.1) is 5.41 Å². The molecule has 0 aliphatic carbocycles. The van der Waals surface area contributed by atoms with Gasteiger partial charge in [0.2, 0.25) is 0 Å². The van der Waals surface area contributed by atoms with Crippen LogP contribution < -0.4 is 0 Å². The normalized spacial score (nSPS) is 11.9. The van der Waals surface area contributed by atoms with Crippen molar-refractivity contribution in [2.24, 2.45) is 5.41 Å². The van der Waals surface area contributed by atoms with Crippen molar-refractivity contribution in [3.8, 4) is 0 Å². The molecule has 17 heavy (non-hydrogen) atoms. The lowest BCUT2D eigenvalue weighted by atomic mass is 9.92. The molecule has 1 aromatic carbocycles. The van der Waals surface area contributed by atoms with Crippen molar-refractivity contribution >= 4 is 39.1 Å². The zero-order valence-electron chi connectivity index (χ0n) is 10.2. The highest BCUT2D eigenvalue weighted by Crippen LogP contribution is 2.30. The Bertz CT molecular complexity index is 507. The molecule has 0 fully saturated rings. The van der Waals surface area contributed by atoms with Crippen LogP contribution in [-0.4, -0.2) is 16.5 Å². The molecule has 0 saturated heterocycles. The van der Waals surface area contributed by atoms with Crippen molar-refractivity contribution in [2.45, 2.75) is 25.1 Å². The number of carbonyl (C=O) groups is 1. The van der Waals surface area contributed by atoms with Crippen molar-refractivity contribution < 1.29 is 4.79 Å². The van der Waals surface area contributed by atoms with E-state index >= 15 is 0 Å². The lowest BCUT2D eigenvalue weighted by Crippen LogP contribution is -2.21. The first-order valence-electron chi connectivity index (χ1n) is 5.48. The number of carbonyl (C=O) groups excluding carboxylic acids is 1. The molecule has 0 aliphatic heterocycles. The SMILES string of the molecule is CC(C)(C)C(=O)CSc1nc2ccccc2s1. The third-order valence-electron chi connectivity index (χ3n) is 2.44. The number of hydrogen-bond acceptors (Lipinski definition) is 4. The van der Waals surface area contributed by atoms with Crippen LogP contribution in [0.15, 0.2) is 28.6 Å². The number of benzene rings is 1. The topological polar surface area (TPSA) is 30.0 Å². The molecule has 4 heteroatoms. The summed E-state index contributed by atoms with van der Waals surface area (Å²) in [6, 6.07) is 8.05. The van der Waals surface area contributed by atoms with E-state index in [1.807, 2.05) is 39.0 Å². The van der Waals surface area contributed by atoms with E-state index in [1.54, 1.807) is 11.3 Å². The van der Waals surface area contributed by atoms with Crippen LogP contribution in [0.4, 0.5) is 0 Å². The molecule has 0 unspecified atom stereocenters. The maximum absolute atomic E-state index is 11.8. The summed E-state index contributed by atoms with van der Waals surface area (Å²) in [4.78, 5) is 16.3. The van der Waals surface area contributed by atoms with E-state index in [0.29, 0.717) is 5.75 Å². The Hall–Kier alpha value is -0.870. The molecule has 1 heterocycles. The predicted octanol–water partition coefficient (Wildman–Crippen LogP) is 4.00. The quantitative estimate of drug-likeness (QED) is 0.786. The fourth-order valence-electron chi connectivity index (χ4n) is 1.26. The van der Waals surface area contributed by atoms with Crippen LogP contribution in [0.1, 0.15) is 20.8 Å². The average Bonchev–Trinajstić information content (AvgIpc) is 2.66. The zero-order valence-corrected chi connectivity index (χ0v) is 11.8. The number of thioether (sulfide) groups is 1. The standard InChI is InChI=1S/C13H15NOS2/c1-13(2,3)11(15)8-16-12-14-9-6-4-5-7-10(9)17-12/h4-7H,8H2,1-3H3. The molecule has 0 saturated carbocycles. The third-order valence-corrected chi connectivity index (χ3v) is 4.62. The van der Waals surface area contributed by atoms with E-state index in [9.17, 15) is 4.79 Å². The number of Topliss-reactive ketones (excluding diaryl/α,β-unsaturated/α-hetero) is 1. The molecular formula is C13H15NOS2. The second kappa shape index (κ2) is 4.78. The van der Waals surface area contributed by atoms with E-state index in [0.717, 1.165) is 9.86 Å². The molecule has 1 aromatic heterocycles. The van der Waals surface area contributed by atoms with Gasteiger partial charge in [-0.2, -0.15) is 0 Å². The van der Waals surface area contributed by atoms with Crippen molar-refractivity contribution in [1.29, 1.82) is 0 Å². The predicted molar refractivity (Wildman–Crippen MR) is 74.8 cm³/mol. The first kappa shape index (κ1) is 12.6. The Kier molecular flexibility index (Phi) is 3.54. The van der Waals surface area contributed by atoms with Gasteiger partial charge in [0.05, 0.1) is 16.0 Å². The molecule has 0 atom stereocenters. The highest BCUT2D eigenvalue weighted by Gasteiger charge is 2.21. The van der Waals surface area contributed by atoms with Gasteiger partial charge in [0.15, 0.2) is 4.34 Å². The summed E-state index contributed by atoms with van der Waals surface area (Å²) in [6.07, 6.45) is 0. The van der Waals surface area contributed by atoms with Crippen LogP contribution in [0.5, 0.6) is 0 Å². The number of ketones is 1. The second-order valence-corrected chi connectivity index (χ2v) is 7.16. The highest BCUT2D eigenvalue weighted by molar-refractivity contribution is 8.01. The summed E-state index contributed by atoms with van der Waals surface area (Å²) in [5.74, 6) is 0.769. The lowest BCUT2D eigenvalue weighted by molar-refractivity contribution is -0.123. The number of rotatable bonds is 3. The molecule has 0 aliphatic rings. The van der Waals surface area contributed by atoms with E-state index in [1.165, 1.54) is 16.5 Å². The summed E-state index contributed by atoms with van der Waals surface area (Å²) in [6.45, 7) is 5.86. The van der Waals surface area contributed by atoms with E-state index in [-0.39, 0.29) is 11.2 Å². The number of hydrogen-bond donors (Lipinski definition) is 0. The molecule has 2 rings (SSSR count). The summed E-state index contributed by atoms with van der Waals surface area (Å²) >= 11 is 3.19. The number of aromatic nitrogens is 1. The molecule has 2 aromatic rings. The van der Waals surface area contributed by atoms with Crippen molar-refractivity contribution in [2.75, 3.05) is 5.75 Å². The third kappa shape index (κ3) is 3.07. The molecule has 0 bridgehead atoms. The van der Waals surface area contributed by atoms with Gasteiger partial charge in [-0.1, -0.05) is 44.7 Å². The largest absolute Gasteiger partial charge is 0.298 e. The number of thiazole rings is 1. The van der Waals surface area contributed by atoms with Gasteiger partial charge < -0.3 is 0 Å². The summed E-state index contributed by atoms with van der Waals surface area (Å²) in [7, 11) is 0. The smallest absolute Gasteiger partial charge is 0.151 e. The van der Waals surface area contributed by atoms with Gasteiger partial charge in [-0.25, -0.2) is 4.98 Å². The first-order chi connectivity index (χ1) is 7.97. The van der Waals surface area contributed by atoms with Crippen molar-refractivity contribution in [3.63, 3.8) is 0 Å². The van der Waals surface area contributed by atoms with Crippen molar-refractivity contribution in [3.05, 3.63) is 24.3 Å². The van der Waals surface area contributed by atoms with E-state index < -0.39 is 0 Å². The number of para-hydroxylation sites is 1. The van der Waals surface area contributed by atoms with Crippen LogP contribution in [-0.2, 0) is 4.79 Å². The Morgan fingerprint density at radius 1 is 1.35 bits per heavy atom. The minimum Gasteiger partial charge on any atom is -0.298 e. The van der Waals surface area contributed by atoms with Gasteiger partial charge in [-0.15, -0.1) is 11.3 Å².